The summed E-state index contributed by atoms with van der Waals surface area (Å²) in [5, 5.41) is 32.6. The number of pyridine rings is 1. The van der Waals surface area contributed by atoms with Crippen LogP contribution in [0.2, 0.25) is 0 Å². The molecule has 2 heterocycles. The van der Waals surface area contributed by atoms with E-state index in [4.69, 9.17) is 0 Å². The standard InChI is InChI=1S/C24H24FNO3S/c1-2-18(24(29)23-7-5-13-30-23)21(27)11-9-17(20-6-3-4-12-26-20)14-16-8-10-22(28)19(25)15-16/h2-8,10,12-15,18,21,24,27-29H,1,9,11H2/b17-14-/t18-,21-,24+/m1/s1. The molecule has 0 saturated carbocycles. The van der Waals surface area contributed by atoms with Crippen LogP contribution in [0.25, 0.3) is 11.6 Å². The molecule has 0 aliphatic heterocycles. The van der Waals surface area contributed by atoms with Crippen molar-refractivity contribution in [2.45, 2.75) is 25.0 Å². The average Bonchev–Trinajstić information content (AvgIpc) is 3.29. The number of rotatable bonds is 9. The fourth-order valence-electron chi connectivity index (χ4n) is 3.28. The molecule has 3 aromatic rings. The first kappa shape index (κ1) is 21.9. The summed E-state index contributed by atoms with van der Waals surface area (Å²) in [6.45, 7) is 3.78. The quantitative estimate of drug-likeness (QED) is 0.412. The lowest BCUT2D eigenvalue weighted by Crippen LogP contribution is -2.24. The molecular weight excluding hydrogens is 401 g/mol. The van der Waals surface area contributed by atoms with Crippen LogP contribution in [-0.4, -0.2) is 26.4 Å². The van der Waals surface area contributed by atoms with Crippen LogP contribution in [-0.2, 0) is 0 Å². The number of aromatic nitrogens is 1. The smallest absolute Gasteiger partial charge is 0.165 e. The number of halogens is 1. The van der Waals surface area contributed by atoms with Crippen molar-refractivity contribution in [1.82, 2.24) is 4.98 Å². The second-order valence-electron chi connectivity index (χ2n) is 6.97. The molecule has 3 atom stereocenters. The van der Waals surface area contributed by atoms with Crippen molar-refractivity contribution in [3.8, 4) is 5.75 Å². The van der Waals surface area contributed by atoms with Crippen LogP contribution >= 0.6 is 11.3 Å². The molecule has 0 bridgehead atoms. The molecule has 3 rings (SSSR count). The van der Waals surface area contributed by atoms with Gasteiger partial charge in [-0.05, 0) is 65.8 Å². The zero-order valence-electron chi connectivity index (χ0n) is 16.4. The van der Waals surface area contributed by atoms with E-state index < -0.39 is 29.7 Å². The fraction of sp³-hybridized carbons (Fsp3) is 0.208. The van der Waals surface area contributed by atoms with Gasteiger partial charge in [0.25, 0.3) is 0 Å². The van der Waals surface area contributed by atoms with E-state index in [2.05, 4.69) is 11.6 Å². The van der Waals surface area contributed by atoms with Gasteiger partial charge >= 0.3 is 0 Å². The number of benzene rings is 1. The molecule has 0 saturated heterocycles. The summed E-state index contributed by atoms with van der Waals surface area (Å²) in [5.74, 6) is -1.62. The Hall–Kier alpha value is -2.80. The minimum absolute atomic E-state index is 0.363. The summed E-state index contributed by atoms with van der Waals surface area (Å²) in [4.78, 5) is 5.15. The Balaban J connectivity index is 1.80. The first-order valence-corrected chi connectivity index (χ1v) is 10.5. The minimum atomic E-state index is -0.828. The Morgan fingerprint density at radius 2 is 2.00 bits per heavy atom. The number of aromatic hydroxyl groups is 1. The van der Waals surface area contributed by atoms with Crippen molar-refractivity contribution in [3.63, 3.8) is 0 Å². The number of phenols is 1. The predicted octanol–water partition coefficient (Wildman–Crippen LogP) is 5.21. The van der Waals surface area contributed by atoms with Gasteiger partial charge in [0, 0.05) is 17.0 Å². The lowest BCUT2D eigenvalue weighted by molar-refractivity contribution is 0.0343. The molecule has 0 radical (unpaired) electrons. The van der Waals surface area contributed by atoms with Crippen molar-refractivity contribution in [3.05, 3.63) is 94.7 Å². The molecule has 0 fully saturated rings. The fourth-order valence-corrected chi connectivity index (χ4v) is 4.05. The van der Waals surface area contributed by atoms with E-state index in [0.717, 1.165) is 10.5 Å². The molecular formula is C24H24FNO3S. The summed E-state index contributed by atoms with van der Waals surface area (Å²) in [5.41, 5.74) is 2.11. The van der Waals surface area contributed by atoms with Gasteiger partial charge in [-0.15, -0.1) is 17.9 Å². The van der Waals surface area contributed by atoms with Crippen molar-refractivity contribution >= 4 is 23.0 Å². The van der Waals surface area contributed by atoms with Gasteiger partial charge in [-0.1, -0.05) is 24.3 Å². The molecule has 156 valence electrons. The van der Waals surface area contributed by atoms with E-state index in [1.807, 2.05) is 29.6 Å². The number of aliphatic hydroxyl groups is 2. The van der Waals surface area contributed by atoms with Gasteiger partial charge in [0.15, 0.2) is 11.6 Å². The second kappa shape index (κ2) is 10.3. The second-order valence-corrected chi connectivity index (χ2v) is 7.95. The molecule has 0 unspecified atom stereocenters. The zero-order valence-corrected chi connectivity index (χ0v) is 17.2. The number of phenolic OH excluding ortho intramolecular Hbond substituents is 1. The highest BCUT2D eigenvalue weighted by Crippen LogP contribution is 2.32. The Kier molecular flexibility index (Phi) is 7.52. The normalized spacial score (nSPS) is 14.8. The molecule has 0 aliphatic carbocycles. The molecule has 4 nitrogen and oxygen atoms in total. The van der Waals surface area contributed by atoms with Crippen LogP contribution in [0.15, 0.2) is 72.8 Å². The third-order valence-corrected chi connectivity index (χ3v) is 5.87. The maximum Gasteiger partial charge on any atom is 0.165 e. The van der Waals surface area contributed by atoms with Crippen LogP contribution in [0.5, 0.6) is 5.75 Å². The van der Waals surface area contributed by atoms with Crippen molar-refractivity contribution in [1.29, 1.82) is 0 Å². The molecule has 3 N–H and O–H groups in total. The third kappa shape index (κ3) is 5.42. The van der Waals surface area contributed by atoms with E-state index in [-0.39, 0.29) is 0 Å². The van der Waals surface area contributed by atoms with Gasteiger partial charge in [-0.3, -0.25) is 4.98 Å². The molecule has 6 heteroatoms. The van der Waals surface area contributed by atoms with Crippen LogP contribution in [0.1, 0.15) is 35.1 Å². The van der Waals surface area contributed by atoms with E-state index in [0.29, 0.717) is 24.1 Å². The number of nitrogens with zero attached hydrogens (tertiary/aromatic N) is 1. The number of allylic oxidation sites excluding steroid dienone is 1. The average molecular weight is 426 g/mol. The largest absolute Gasteiger partial charge is 0.505 e. The Morgan fingerprint density at radius 3 is 2.63 bits per heavy atom. The summed E-state index contributed by atoms with van der Waals surface area (Å²) in [7, 11) is 0. The van der Waals surface area contributed by atoms with E-state index in [9.17, 15) is 19.7 Å². The molecule has 30 heavy (non-hydrogen) atoms. The van der Waals surface area contributed by atoms with E-state index in [1.54, 1.807) is 30.5 Å². The highest BCUT2D eigenvalue weighted by molar-refractivity contribution is 7.10. The van der Waals surface area contributed by atoms with Crippen molar-refractivity contribution < 1.29 is 19.7 Å². The SMILES string of the molecule is C=C[C@H]([C@H](O)CC/C(=C/c1ccc(O)c(F)c1)c1ccccn1)[C@H](O)c1cccs1. The Labute approximate surface area is 179 Å². The first-order valence-electron chi connectivity index (χ1n) is 9.62. The van der Waals surface area contributed by atoms with Crippen LogP contribution in [0, 0.1) is 11.7 Å². The highest BCUT2D eigenvalue weighted by Gasteiger charge is 2.26. The molecule has 0 aliphatic rings. The third-order valence-electron chi connectivity index (χ3n) is 4.93. The topological polar surface area (TPSA) is 73.6 Å². The molecule has 1 aromatic carbocycles. The lowest BCUT2D eigenvalue weighted by Gasteiger charge is -2.24. The van der Waals surface area contributed by atoms with Crippen LogP contribution in [0.4, 0.5) is 4.39 Å². The van der Waals surface area contributed by atoms with Crippen molar-refractivity contribution in [2.24, 2.45) is 5.92 Å². The predicted molar refractivity (Wildman–Crippen MR) is 118 cm³/mol. The van der Waals surface area contributed by atoms with Gasteiger partial charge in [-0.2, -0.15) is 0 Å². The van der Waals surface area contributed by atoms with Gasteiger partial charge in [0.05, 0.1) is 17.9 Å². The molecule has 0 amide bonds. The lowest BCUT2D eigenvalue weighted by atomic mass is 9.90. The summed E-state index contributed by atoms with van der Waals surface area (Å²) in [6.07, 6.45) is 4.22. The summed E-state index contributed by atoms with van der Waals surface area (Å²) < 4.78 is 13.7. The Bertz CT molecular complexity index is 989. The number of hydrogen-bond acceptors (Lipinski definition) is 5. The van der Waals surface area contributed by atoms with Gasteiger partial charge in [0.1, 0.15) is 0 Å². The molecule has 0 spiro atoms. The molecule has 2 aromatic heterocycles. The van der Waals surface area contributed by atoms with E-state index in [1.165, 1.54) is 23.5 Å². The van der Waals surface area contributed by atoms with Gasteiger partial charge < -0.3 is 15.3 Å². The maximum absolute atomic E-state index is 13.7. The number of aliphatic hydroxyl groups excluding tert-OH is 2. The van der Waals surface area contributed by atoms with Crippen LogP contribution < -0.4 is 0 Å². The maximum atomic E-state index is 13.7. The van der Waals surface area contributed by atoms with E-state index >= 15 is 0 Å². The monoisotopic (exact) mass is 425 g/mol. The zero-order chi connectivity index (χ0) is 21.5. The number of hydrogen-bond donors (Lipinski definition) is 3. The van der Waals surface area contributed by atoms with Crippen LogP contribution in [0.3, 0.4) is 0 Å². The van der Waals surface area contributed by atoms with Gasteiger partial charge in [0.2, 0.25) is 0 Å². The first-order chi connectivity index (χ1) is 14.5. The Morgan fingerprint density at radius 1 is 1.17 bits per heavy atom. The van der Waals surface area contributed by atoms with Gasteiger partial charge in [-0.25, -0.2) is 4.39 Å². The summed E-state index contributed by atoms with van der Waals surface area (Å²) >= 11 is 1.43. The minimum Gasteiger partial charge on any atom is -0.505 e. The summed E-state index contributed by atoms with van der Waals surface area (Å²) in [6, 6.07) is 13.4. The van der Waals surface area contributed by atoms with Crippen molar-refractivity contribution in [2.75, 3.05) is 0 Å². The highest BCUT2D eigenvalue weighted by atomic mass is 32.1. The number of thiophene rings is 1.